The van der Waals surface area contributed by atoms with E-state index in [1.165, 1.54) is 17.6 Å². The van der Waals surface area contributed by atoms with Gasteiger partial charge in [0.15, 0.2) is 5.78 Å². The minimum absolute atomic E-state index is 0.0417. The Morgan fingerprint density at radius 2 is 2.00 bits per heavy atom. The molecule has 0 aliphatic carbocycles. The van der Waals surface area contributed by atoms with Gasteiger partial charge in [-0.3, -0.25) is 14.2 Å². The average Bonchev–Trinajstić information content (AvgIpc) is 2.99. The maximum absolute atomic E-state index is 12.7. The fraction of sp³-hybridized carbons (Fsp3) is 0.350. The first-order chi connectivity index (χ1) is 11.9. The van der Waals surface area contributed by atoms with Crippen LogP contribution in [0.2, 0.25) is 0 Å². The van der Waals surface area contributed by atoms with Crippen molar-refractivity contribution in [1.82, 2.24) is 4.57 Å². The maximum atomic E-state index is 12.7. The molecule has 5 heteroatoms. The van der Waals surface area contributed by atoms with E-state index < -0.39 is 6.04 Å². The van der Waals surface area contributed by atoms with E-state index in [1.807, 2.05) is 25.1 Å². The highest BCUT2D eigenvalue weighted by Crippen LogP contribution is 2.30. The molecule has 3 rings (SSSR count). The van der Waals surface area contributed by atoms with Crippen molar-refractivity contribution in [2.75, 3.05) is 6.61 Å². The van der Waals surface area contributed by atoms with Crippen LogP contribution in [0.5, 0.6) is 0 Å². The number of esters is 1. The number of rotatable bonds is 4. The highest BCUT2D eigenvalue weighted by Gasteiger charge is 2.30. The van der Waals surface area contributed by atoms with Crippen LogP contribution < -0.4 is 5.56 Å². The van der Waals surface area contributed by atoms with Crippen molar-refractivity contribution in [3.8, 4) is 11.1 Å². The van der Waals surface area contributed by atoms with Crippen LogP contribution in [0.4, 0.5) is 0 Å². The highest BCUT2D eigenvalue weighted by molar-refractivity contribution is 6.01. The largest absolute Gasteiger partial charge is 0.464 e. The Kier molecular flexibility index (Phi) is 4.57. The minimum atomic E-state index is -0.554. The van der Waals surface area contributed by atoms with Crippen molar-refractivity contribution >= 4 is 11.8 Å². The lowest BCUT2D eigenvalue weighted by atomic mass is 9.95. The van der Waals surface area contributed by atoms with Crippen LogP contribution in [0.15, 0.2) is 35.1 Å². The van der Waals surface area contributed by atoms with E-state index in [-0.39, 0.29) is 17.3 Å². The zero-order chi connectivity index (χ0) is 18.1. The lowest BCUT2D eigenvalue weighted by molar-refractivity contribution is -0.147. The molecule has 1 atom stereocenters. The molecule has 0 spiro atoms. The molecule has 0 fully saturated rings. The summed E-state index contributed by atoms with van der Waals surface area (Å²) in [5.74, 6) is -0.406. The first-order valence-electron chi connectivity index (χ1n) is 8.46. The van der Waals surface area contributed by atoms with Crippen LogP contribution in [0.3, 0.4) is 0 Å². The molecule has 0 saturated heterocycles. The van der Waals surface area contributed by atoms with Gasteiger partial charge in [-0.15, -0.1) is 0 Å². The molecule has 0 bridgehead atoms. The molecule has 25 heavy (non-hydrogen) atoms. The van der Waals surface area contributed by atoms with Gasteiger partial charge in [0.05, 0.1) is 6.61 Å². The lowest BCUT2D eigenvalue weighted by Gasteiger charge is -2.15. The second-order valence-electron chi connectivity index (χ2n) is 6.36. The van der Waals surface area contributed by atoms with Gasteiger partial charge in [-0.1, -0.05) is 23.8 Å². The van der Waals surface area contributed by atoms with Crippen LogP contribution in [0.1, 0.15) is 47.9 Å². The Bertz CT molecular complexity index is 910. The van der Waals surface area contributed by atoms with Crippen molar-refractivity contribution in [3.63, 3.8) is 0 Å². The number of ether oxygens (including phenoxy) is 1. The molecule has 5 nitrogen and oxygen atoms in total. The predicted molar refractivity (Wildman–Crippen MR) is 94.9 cm³/mol. The number of aromatic nitrogens is 1. The number of hydrogen-bond donors (Lipinski definition) is 0. The Morgan fingerprint density at radius 3 is 2.68 bits per heavy atom. The van der Waals surface area contributed by atoms with E-state index in [4.69, 9.17) is 4.74 Å². The van der Waals surface area contributed by atoms with Gasteiger partial charge in [0, 0.05) is 17.3 Å². The number of carbonyl (C=O) groups is 2. The van der Waals surface area contributed by atoms with E-state index >= 15 is 0 Å². The van der Waals surface area contributed by atoms with Gasteiger partial charge in [0.2, 0.25) is 0 Å². The molecule has 2 aromatic rings. The number of hydrogen-bond acceptors (Lipinski definition) is 4. The van der Waals surface area contributed by atoms with Crippen LogP contribution >= 0.6 is 0 Å². The normalized spacial score (nSPS) is 15.7. The molecule has 1 aliphatic rings. The number of ketones is 1. The molecule has 0 unspecified atom stereocenters. The van der Waals surface area contributed by atoms with Gasteiger partial charge >= 0.3 is 5.97 Å². The molecule has 130 valence electrons. The SMILES string of the molecule is CCOC(=O)[C@@H]1CCc2cc(-c3cc(C)ccc3C(C)=O)cc(=O)n21. The zero-order valence-corrected chi connectivity index (χ0v) is 14.7. The third kappa shape index (κ3) is 3.14. The fourth-order valence-corrected chi connectivity index (χ4v) is 3.42. The van der Waals surface area contributed by atoms with Crippen molar-refractivity contribution < 1.29 is 14.3 Å². The number of benzene rings is 1. The monoisotopic (exact) mass is 339 g/mol. The quantitative estimate of drug-likeness (QED) is 0.634. The molecule has 0 amide bonds. The number of Topliss-reactive ketones (excluding diaryl/α,β-unsaturated/α-hetero) is 1. The fourth-order valence-electron chi connectivity index (χ4n) is 3.42. The molecule has 0 saturated carbocycles. The first kappa shape index (κ1) is 17.1. The summed E-state index contributed by atoms with van der Waals surface area (Å²) in [6, 6.07) is 8.45. The lowest BCUT2D eigenvalue weighted by Crippen LogP contribution is -2.28. The maximum Gasteiger partial charge on any atom is 0.329 e. The Balaban J connectivity index is 2.11. The average molecular weight is 339 g/mol. The smallest absolute Gasteiger partial charge is 0.329 e. The van der Waals surface area contributed by atoms with E-state index in [2.05, 4.69) is 0 Å². The summed E-state index contributed by atoms with van der Waals surface area (Å²) >= 11 is 0. The summed E-state index contributed by atoms with van der Waals surface area (Å²) in [7, 11) is 0. The summed E-state index contributed by atoms with van der Waals surface area (Å²) in [5, 5.41) is 0. The molecule has 2 heterocycles. The number of pyridine rings is 1. The second kappa shape index (κ2) is 6.67. The third-order valence-corrected chi connectivity index (χ3v) is 4.56. The summed E-state index contributed by atoms with van der Waals surface area (Å²) < 4.78 is 6.59. The summed E-state index contributed by atoms with van der Waals surface area (Å²) in [6.45, 7) is 5.51. The van der Waals surface area contributed by atoms with Crippen molar-refractivity contribution in [2.24, 2.45) is 0 Å². The van der Waals surface area contributed by atoms with E-state index in [9.17, 15) is 14.4 Å². The third-order valence-electron chi connectivity index (χ3n) is 4.56. The minimum Gasteiger partial charge on any atom is -0.464 e. The topological polar surface area (TPSA) is 65.4 Å². The number of nitrogens with zero attached hydrogens (tertiary/aromatic N) is 1. The number of aryl methyl sites for hydroxylation is 2. The van der Waals surface area contributed by atoms with Gasteiger partial charge in [-0.25, -0.2) is 4.79 Å². The van der Waals surface area contributed by atoms with Crippen LogP contribution in [-0.2, 0) is 16.0 Å². The highest BCUT2D eigenvalue weighted by atomic mass is 16.5. The first-order valence-corrected chi connectivity index (χ1v) is 8.46. The van der Waals surface area contributed by atoms with Gasteiger partial charge in [0.1, 0.15) is 6.04 Å². The zero-order valence-electron chi connectivity index (χ0n) is 14.7. The van der Waals surface area contributed by atoms with Crippen molar-refractivity contribution in [3.05, 3.63) is 57.5 Å². The van der Waals surface area contributed by atoms with E-state index in [1.54, 1.807) is 13.0 Å². The molecular weight excluding hydrogens is 318 g/mol. The van der Waals surface area contributed by atoms with E-state index in [0.29, 0.717) is 25.0 Å². The standard InChI is InChI=1S/C20H21NO4/c1-4-25-20(24)18-8-6-15-10-14(11-19(23)21(15)18)17-9-12(2)5-7-16(17)13(3)22/h5,7,9-11,18H,4,6,8H2,1-3H3/t18-/m0/s1. The molecule has 1 aromatic heterocycles. The molecule has 0 radical (unpaired) electrons. The van der Waals surface area contributed by atoms with Crippen molar-refractivity contribution in [2.45, 2.75) is 39.7 Å². The summed E-state index contributed by atoms with van der Waals surface area (Å²) in [4.78, 5) is 36.7. The summed E-state index contributed by atoms with van der Waals surface area (Å²) in [6.07, 6.45) is 1.19. The Morgan fingerprint density at radius 1 is 1.24 bits per heavy atom. The summed E-state index contributed by atoms with van der Waals surface area (Å²) in [5.41, 5.74) is 3.65. The Labute approximate surface area is 146 Å². The van der Waals surface area contributed by atoms with Gasteiger partial charge < -0.3 is 4.74 Å². The second-order valence-corrected chi connectivity index (χ2v) is 6.36. The van der Waals surface area contributed by atoms with Crippen LogP contribution in [-0.4, -0.2) is 22.9 Å². The molecule has 1 aliphatic heterocycles. The van der Waals surface area contributed by atoms with Crippen LogP contribution in [0.25, 0.3) is 11.1 Å². The predicted octanol–water partition coefficient (Wildman–Crippen LogP) is 3.08. The van der Waals surface area contributed by atoms with E-state index in [0.717, 1.165) is 22.4 Å². The number of fused-ring (bicyclic) bond motifs is 1. The van der Waals surface area contributed by atoms with Gasteiger partial charge in [0.25, 0.3) is 5.56 Å². The van der Waals surface area contributed by atoms with Gasteiger partial charge in [-0.05, 0) is 50.8 Å². The molecule has 1 aromatic carbocycles. The number of carbonyl (C=O) groups excluding carboxylic acids is 2. The van der Waals surface area contributed by atoms with Crippen LogP contribution in [0, 0.1) is 6.92 Å². The Hall–Kier alpha value is -2.69. The molecule has 0 N–H and O–H groups in total. The van der Waals surface area contributed by atoms with Gasteiger partial charge in [-0.2, -0.15) is 0 Å². The van der Waals surface area contributed by atoms with Crippen molar-refractivity contribution in [1.29, 1.82) is 0 Å². The molecular formula is C20H21NO4.